The van der Waals surface area contributed by atoms with Gasteiger partial charge in [-0.05, 0) is 30.4 Å². The fourth-order valence-corrected chi connectivity index (χ4v) is 5.75. The predicted molar refractivity (Wildman–Crippen MR) is 71.9 cm³/mol. The standard InChI is InChI=1S/C12H17NO4S2/c1-10-6-11(18-7-10)19(14,15)13-3-5-17-9-12(13)2-4-16-8-12/h6-7H,2-5,8-9H2,1H3/t12-/m1/s1. The van der Waals surface area contributed by atoms with E-state index in [1.54, 1.807) is 10.4 Å². The van der Waals surface area contributed by atoms with Crippen molar-refractivity contribution in [2.45, 2.75) is 23.1 Å². The second kappa shape index (κ2) is 4.82. The lowest BCUT2D eigenvalue weighted by molar-refractivity contribution is -0.0292. The monoisotopic (exact) mass is 303 g/mol. The summed E-state index contributed by atoms with van der Waals surface area (Å²) in [4.78, 5) is 0. The Morgan fingerprint density at radius 1 is 1.32 bits per heavy atom. The maximum atomic E-state index is 12.8. The number of morpholine rings is 1. The van der Waals surface area contributed by atoms with Crippen LogP contribution in [-0.2, 0) is 19.5 Å². The first-order chi connectivity index (χ1) is 9.05. The van der Waals surface area contributed by atoms with Crippen molar-refractivity contribution in [1.82, 2.24) is 4.31 Å². The molecule has 3 rings (SSSR count). The van der Waals surface area contributed by atoms with Crippen molar-refractivity contribution < 1.29 is 17.9 Å². The molecule has 0 N–H and O–H groups in total. The highest BCUT2D eigenvalue weighted by Gasteiger charge is 2.49. The van der Waals surface area contributed by atoms with Crippen molar-refractivity contribution in [3.63, 3.8) is 0 Å². The van der Waals surface area contributed by atoms with E-state index in [4.69, 9.17) is 9.47 Å². The molecular weight excluding hydrogens is 286 g/mol. The first-order valence-corrected chi connectivity index (χ1v) is 8.60. The van der Waals surface area contributed by atoms with Crippen LogP contribution in [0.4, 0.5) is 0 Å². The highest BCUT2D eigenvalue weighted by atomic mass is 32.2. The third-order valence-electron chi connectivity index (χ3n) is 3.67. The predicted octanol–water partition coefficient (Wildman–Crippen LogP) is 1.24. The molecule has 2 aliphatic rings. The Kier molecular flexibility index (Phi) is 3.43. The summed E-state index contributed by atoms with van der Waals surface area (Å²) < 4.78 is 38.5. The third kappa shape index (κ3) is 2.23. The minimum Gasteiger partial charge on any atom is -0.379 e. The van der Waals surface area contributed by atoms with E-state index in [9.17, 15) is 8.42 Å². The first-order valence-electron chi connectivity index (χ1n) is 6.28. The molecule has 0 saturated carbocycles. The Morgan fingerprint density at radius 3 is 2.63 bits per heavy atom. The summed E-state index contributed by atoms with van der Waals surface area (Å²) >= 11 is 1.28. The molecule has 2 fully saturated rings. The summed E-state index contributed by atoms with van der Waals surface area (Å²) in [5, 5.41) is 1.87. The minimum atomic E-state index is -3.44. The molecule has 3 heterocycles. The molecule has 0 aromatic carbocycles. The molecule has 0 aliphatic carbocycles. The van der Waals surface area contributed by atoms with E-state index in [1.165, 1.54) is 11.3 Å². The molecule has 0 radical (unpaired) electrons. The maximum absolute atomic E-state index is 12.8. The van der Waals surface area contributed by atoms with Gasteiger partial charge in [0.1, 0.15) is 4.21 Å². The number of sulfonamides is 1. The summed E-state index contributed by atoms with van der Waals surface area (Å²) in [6.07, 6.45) is 0.705. The van der Waals surface area contributed by atoms with Crippen LogP contribution in [0.5, 0.6) is 0 Å². The first kappa shape index (κ1) is 13.5. The quantitative estimate of drug-likeness (QED) is 0.825. The van der Waals surface area contributed by atoms with E-state index in [1.807, 2.05) is 12.3 Å². The average molecular weight is 303 g/mol. The Balaban J connectivity index is 1.98. The van der Waals surface area contributed by atoms with Crippen LogP contribution in [0.25, 0.3) is 0 Å². The number of hydrogen-bond acceptors (Lipinski definition) is 5. The van der Waals surface area contributed by atoms with Crippen molar-refractivity contribution in [3.8, 4) is 0 Å². The van der Waals surface area contributed by atoms with Gasteiger partial charge in [0.15, 0.2) is 0 Å². The molecule has 19 heavy (non-hydrogen) atoms. The Hall–Kier alpha value is -0.470. The smallest absolute Gasteiger partial charge is 0.253 e. The molecule has 1 atom stereocenters. The zero-order chi connectivity index (χ0) is 13.5. The van der Waals surface area contributed by atoms with Gasteiger partial charge in [0.25, 0.3) is 10.0 Å². The van der Waals surface area contributed by atoms with Gasteiger partial charge in [0.2, 0.25) is 0 Å². The fourth-order valence-electron chi connectivity index (χ4n) is 2.65. The van der Waals surface area contributed by atoms with Crippen molar-refractivity contribution in [3.05, 3.63) is 17.0 Å². The zero-order valence-corrected chi connectivity index (χ0v) is 12.4. The molecule has 0 unspecified atom stereocenters. The molecule has 1 spiro atoms. The van der Waals surface area contributed by atoms with Gasteiger partial charge in [0, 0.05) is 13.2 Å². The molecule has 2 aliphatic heterocycles. The van der Waals surface area contributed by atoms with Gasteiger partial charge in [-0.3, -0.25) is 0 Å². The van der Waals surface area contributed by atoms with Gasteiger partial charge in [0.05, 0.1) is 25.4 Å². The lowest BCUT2D eigenvalue weighted by Crippen LogP contribution is -2.59. The van der Waals surface area contributed by atoms with Crippen LogP contribution in [-0.4, -0.2) is 51.2 Å². The van der Waals surface area contributed by atoms with Crippen molar-refractivity contribution in [2.75, 3.05) is 33.0 Å². The molecule has 0 amide bonds. The number of ether oxygens (including phenoxy) is 2. The Bertz CT molecular complexity index is 560. The van der Waals surface area contributed by atoms with E-state index in [-0.39, 0.29) is 0 Å². The molecule has 1 aromatic rings. The molecular formula is C12H17NO4S2. The SMILES string of the molecule is Cc1csc(S(=O)(=O)N2CCOC[C@]23CCOC3)c1. The van der Waals surface area contributed by atoms with Crippen LogP contribution in [0, 0.1) is 6.92 Å². The van der Waals surface area contributed by atoms with Gasteiger partial charge in [-0.15, -0.1) is 11.3 Å². The van der Waals surface area contributed by atoms with Crippen molar-refractivity contribution >= 4 is 21.4 Å². The highest BCUT2D eigenvalue weighted by molar-refractivity contribution is 7.91. The van der Waals surface area contributed by atoms with Crippen LogP contribution >= 0.6 is 11.3 Å². The molecule has 5 nitrogen and oxygen atoms in total. The van der Waals surface area contributed by atoms with Crippen LogP contribution in [0.3, 0.4) is 0 Å². The van der Waals surface area contributed by atoms with E-state index >= 15 is 0 Å². The van der Waals surface area contributed by atoms with Crippen LogP contribution in [0.1, 0.15) is 12.0 Å². The third-order valence-corrected chi connectivity index (χ3v) is 7.21. The normalized spacial score (nSPS) is 29.1. The van der Waals surface area contributed by atoms with Crippen LogP contribution in [0.15, 0.2) is 15.7 Å². The lowest BCUT2D eigenvalue weighted by atomic mass is 9.99. The summed E-state index contributed by atoms with van der Waals surface area (Å²) in [5.74, 6) is 0. The number of thiophene rings is 1. The van der Waals surface area contributed by atoms with Gasteiger partial charge >= 0.3 is 0 Å². The Labute approximate surface area is 117 Å². The van der Waals surface area contributed by atoms with Gasteiger partial charge < -0.3 is 9.47 Å². The number of nitrogens with zero attached hydrogens (tertiary/aromatic N) is 1. The van der Waals surface area contributed by atoms with Crippen LogP contribution in [0.2, 0.25) is 0 Å². The van der Waals surface area contributed by atoms with E-state index < -0.39 is 15.6 Å². The lowest BCUT2D eigenvalue weighted by Gasteiger charge is -2.41. The Morgan fingerprint density at radius 2 is 2.05 bits per heavy atom. The van der Waals surface area contributed by atoms with E-state index in [0.717, 1.165) is 5.56 Å². The molecule has 7 heteroatoms. The second-order valence-electron chi connectivity index (χ2n) is 5.10. The van der Waals surface area contributed by atoms with Crippen molar-refractivity contribution in [1.29, 1.82) is 0 Å². The summed E-state index contributed by atoms with van der Waals surface area (Å²) in [6, 6.07) is 1.74. The molecule has 106 valence electrons. The summed E-state index contributed by atoms with van der Waals surface area (Å²) in [7, 11) is -3.44. The van der Waals surface area contributed by atoms with E-state index in [2.05, 4.69) is 0 Å². The van der Waals surface area contributed by atoms with E-state index in [0.29, 0.717) is 43.6 Å². The number of hydrogen-bond donors (Lipinski definition) is 0. The zero-order valence-electron chi connectivity index (χ0n) is 10.8. The average Bonchev–Trinajstić information content (AvgIpc) is 3.00. The molecule has 1 aromatic heterocycles. The highest BCUT2D eigenvalue weighted by Crippen LogP contribution is 2.35. The largest absolute Gasteiger partial charge is 0.379 e. The minimum absolute atomic E-state index is 0.405. The molecule has 2 saturated heterocycles. The molecule has 0 bridgehead atoms. The van der Waals surface area contributed by atoms with Gasteiger partial charge in [-0.1, -0.05) is 0 Å². The number of rotatable bonds is 2. The van der Waals surface area contributed by atoms with Gasteiger partial charge in [-0.25, -0.2) is 8.42 Å². The fraction of sp³-hybridized carbons (Fsp3) is 0.667. The summed E-state index contributed by atoms with van der Waals surface area (Å²) in [6.45, 7) is 4.21. The van der Waals surface area contributed by atoms with Crippen LogP contribution < -0.4 is 0 Å². The summed E-state index contributed by atoms with van der Waals surface area (Å²) in [5.41, 5.74) is 0.475. The maximum Gasteiger partial charge on any atom is 0.253 e. The van der Waals surface area contributed by atoms with Gasteiger partial charge in [-0.2, -0.15) is 4.31 Å². The second-order valence-corrected chi connectivity index (χ2v) is 8.10. The van der Waals surface area contributed by atoms with Crippen molar-refractivity contribution in [2.24, 2.45) is 0 Å². The topological polar surface area (TPSA) is 55.8 Å². The number of aryl methyl sites for hydroxylation is 1.